The Bertz CT molecular complexity index is 903. The predicted octanol–water partition coefficient (Wildman–Crippen LogP) is 3.73. The van der Waals surface area contributed by atoms with Crippen molar-refractivity contribution in [2.75, 3.05) is 12.4 Å². The number of nitrogens with zero attached hydrogens (tertiary/aromatic N) is 2. The molecule has 0 spiro atoms. The molecule has 3 aromatic rings. The van der Waals surface area contributed by atoms with Crippen LogP contribution in [0.15, 0.2) is 59.0 Å². The summed E-state index contributed by atoms with van der Waals surface area (Å²) in [5, 5.41) is 7.48. The molecular weight excluding hydrogens is 326 g/mol. The molecule has 0 aliphatic rings. The first-order valence-electron chi connectivity index (χ1n) is 7.23. The number of aromatic nitrogens is 2. The van der Waals surface area contributed by atoms with Crippen LogP contribution in [0.25, 0.3) is 11.5 Å². The number of anilines is 1. The predicted molar refractivity (Wildman–Crippen MR) is 92.2 cm³/mol. The second-order valence-electron chi connectivity index (χ2n) is 4.91. The van der Waals surface area contributed by atoms with E-state index in [0.29, 0.717) is 17.1 Å². The van der Waals surface area contributed by atoms with Gasteiger partial charge in [-0.3, -0.25) is 0 Å². The summed E-state index contributed by atoms with van der Waals surface area (Å²) in [5.41, 5.74) is 1.92. The van der Waals surface area contributed by atoms with Crippen LogP contribution in [-0.4, -0.2) is 22.9 Å². The van der Waals surface area contributed by atoms with E-state index in [1.807, 2.05) is 36.4 Å². The number of para-hydroxylation sites is 1. The third kappa shape index (κ3) is 3.36. The molecular formula is C17H15N3O3S. The van der Waals surface area contributed by atoms with Crippen LogP contribution in [0, 0.1) is 4.84 Å². The van der Waals surface area contributed by atoms with Crippen molar-refractivity contribution in [3.63, 3.8) is 0 Å². The number of hydrogen-bond donors (Lipinski definition) is 1. The second kappa shape index (κ2) is 7.10. The zero-order valence-corrected chi connectivity index (χ0v) is 13.7. The van der Waals surface area contributed by atoms with Gasteiger partial charge in [0.05, 0.1) is 18.4 Å². The molecule has 0 radical (unpaired) electrons. The molecule has 1 heterocycles. The van der Waals surface area contributed by atoms with Crippen LogP contribution in [-0.2, 0) is 11.4 Å². The number of rotatable bonds is 5. The van der Waals surface area contributed by atoms with Crippen molar-refractivity contribution < 1.29 is 13.9 Å². The maximum absolute atomic E-state index is 11.8. The largest absolute Gasteiger partial charge is 0.465 e. The minimum Gasteiger partial charge on any atom is -0.465 e. The van der Waals surface area contributed by atoms with Crippen LogP contribution >= 0.6 is 12.2 Å². The number of nitrogens with one attached hydrogen (secondary N) is 1. The summed E-state index contributed by atoms with van der Waals surface area (Å²) in [6, 6.07) is 16.6. The van der Waals surface area contributed by atoms with Gasteiger partial charge in [0, 0.05) is 5.56 Å². The summed E-state index contributed by atoms with van der Waals surface area (Å²) < 4.78 is 11.8. The molecule has 2 aromatic carbocycles. The van der Waals surface area contributed by atoms with E-state index >= 15 is 0 Å². The lowest BCUT2D eigenvalue weighted by atomic mass is 10.2. The highest BCUT2D eigenvalue weighted by Gasteiger charge is 2.12. The van der Waals surface area contributed by atoms with Gasteiger partial charge < -0.3 is 14.5 Å². The first-order chi connectivity index (χ1) is 11.7. The molecule has 0 unspecified atom stereocenters. The number of methoxy groups -OCH3 is 1. The standard InChI is InChI=1S/C17H15N3O3S/c1-22-16(21)13-9-5-6-10-14(13)18-11-20-17(24)23-15(19-20)12-7-3-2-4-8-12/h2-10,18H,11H2,1H3. The van der Waals surface area contributed by atoms with Crippen molar-refractivity contribution in [1.82, 2.24) is 9.78 Å². The maximum atomic E-state index is 11.8. The smallest absolute Gasteiger partial charge is 0.339 e. The van der Waals surface area contributed by atoms with E-state index in [1.165, 1.54) is 11.8 Å². The van der Waals surface area contributed by atoms with E-state index in [2.05, 4.69) is 10.4 Å². The topological polar surface area (TPSA) is 69.3 Å². The van der Waals surface area contributed by atoms with Crippen molar-refractivity contribution in [3.05, 3.63) is 65.0 Å². The van der Waals surface area contributed by atoms with Gasteiger partial charge in [0.15, 0.2) is 0 Å². The summed E-state index contributed by atoms with van der Waals surface area (Å²) in [5.74, 6) is 0.0375. The highest BCUT2D eigenvalue weighted by atomic mass is 32.1. The molecule has 0 saturated carbocycles. The summed E-state index contributed by atoms with van der Waals surface area (Å²) in [7, 11) is 1.35. The molecule has 0 aliphatic heterocycles. The van der Waals surface area contributed by atoms with Gasteiger partial charge in [-0.15, -0.1) is 5.10 Å². The Morgan fingerprint density at radius 3 is 2.67 bits per heavy atom. The molecule has 0 bridgehead atoms. The lowest BCUT2D eigenvalue weighted by molar-refractivity contribution is 0.0602. The average Bonchev–Trinajstić information content (AvgIpc) is 3.01. The molecule has 1 N–H and O–H groups in total. The summed E-state index contributed by atoms with van der Waals surface area (Å²) in [6.45, 7) is 0.267. The van der Waals surface area contributed by atoms with E-state index in [0.717, 1.165) is 5.56 Å². The van der Waals surface area contributed by atoms with Crippen LogP contribution in [0.2, 0.25) is 0 Å². The number of ether oxygens (including phenoxy) is 1. The van der Waals surface area contributed by atoms with Crippen LogP contribution in [0.5, 0.6) is 0 Å². The Hall–Kier alpha value is -2.93. The third-order valence-corrected chi connectivity index (χ3v) is 3.67. The number of hydrogen-bond acceptors (Lipinski definition) is 6. The Balaban J connectivity index is 1.80. The van der Waals surface area contributed by atoms with E-state index in [-0.39, 0.29) is 11.5 Å². The number of benzene rings is 2. The highest BCUT2D eigenvalue weighted by molar-refractivity contribution is 7.71. The molecule has 24 heavy (non-hydrogen) atoms. The van der Waals surface area contributed by atoms with Crippen LogP contribution in [0.3, 0.4) is 0 Å². The summed E-state index contributed by atoms with van der Waals surface area (Å²) >= 11 is 5.20. The van der Waals surface area contributed by atoms with Gasteiger partial charge in [-0.05, 0) is 36.5 Å². The fourth-order valence-electron chi connectivity index (χ4n) is 2.19. The summed E-state index contributed by atoms with van der Waals surface area (Å²) in [4.78, 5) is 12.0. The molecule has 1 aromatic heterocycles. The van der Waals surface area contributed by atoms with Gasteiger partial charge in [-0.1, -0.05) is 30.3 Å². The van der Waals surface area contributed by atoms with Gasteiger partial charge >= 0.3 is 5.97 Å². The third-order valence-electron chi connectivity index (χ3n) is 3.38. The van der Waals surface area contributed by atoms with Crippen molar-refractivity contribution >= 4 is 23.9 Å². The Morgan fingerprint density at radius 1 is 1.21 bits per heavy atom. The van der Waals surface area contributed by atoms with Gasteiger partial charge in [0.25, 0.3) is 4.84 Å². The number of carbonyl (C=O) groups is 1. The molecule has 0 fully saturated rings. The first kappa shape index (κ1) is 15.9. The highest BCUT2D eigenvalue weighted by Crippen LogP contribution is 2.19. The molecule has 122 valence electrons. The van der Waals surface area contributed by atoms with Crippen molar-refractivity contribution in [2.24, 2.45) is 0 Å². The zero-order chi connectivity index (χ0) is 16.9. The molecule has 3 rings (SSSR count). The fourth-order valence-corrected chi connectivity index (χ4v) is 2.37. The first-order valence-corrected chi connectivity index (χ1v) is 7.64. The van der Waals surface area contributed by atoms with Crippen LogP contribution < -0.4 is 5.32 Å². The normalized spacial score (nSPS) is 10.4. The monoisotopic (exact) mass is 341 g/mol. The Morgan fingerprint density at radius 2 is 1.92 bits per heavy atom. The van der Waals surface area contributed by atoms with E-state index < -0.39 is 5.97 Å². The van der Waals surface area contributed by atoms with Crippen LogP contribution in [0.1, 0.15) is 10.4 Å². The van der Waals surface area contributed by atoms with Gasteiger partial charge in [-0.25, -0.2) is 9.48 Å². The molecule has 0 amide bonds. The lowest BCUT2D eigenvalue weighted by Crippen LogP contribution is -2.13. The van der Waals surface area contributed by atoms with Crippen molar-refractivity contribution in [1.29, 1.82) is 0 Å². The van der Waals surface area contributed by atoms with Crippen molar-refractivity contribution in [2.45, 2.75) is 6.67 Å². The van der Waals surface area contributed by atoms with Gasteiger partial charge in [-0.2, -0.15) is 0 Å². The summed E-state index contributed by atoms with van der Waals surface area (Å²) in [6.07, 6.45) is 0. The van der Waals surface area contributed by atoms with Gasteiger partial charge in [0.1, 0.15) is 6.67 Å². The fraction of sp³-hybridized carbons (Fsp3) is 0.118. The quantitative estimate of drug-likeness (QED) is 0.563. The minimum absolute atomic E-state index is 0.247. The van der Waals surface area contributed by atoms with Gasteiger partial charge in [0.2, 0.25) is 5.89 Å². The molecule has 6 nitrogen and oxygen atoms in total. The second-order valence-corrected chi connectivity index (χ2v) is 5.26. The molecule has 7 heteroatoms. The zero-order valence-electron chi connectivity index (χ0n) is 12.9. The number of carbonyl (C=O) groups excluding carboxylic acids is 1. The SMILES string of the molecule is COC(=O)c1ccccc1NCn1nc(-c2ccccc2)oc1=S. The number of esters is 1. The van der Waals surface area contributed by atoms with E-state index in [9.17, 15) is 4.79 Å². The molecule has 0 atom stereocenters. The molecule has 0 saturated heterocycles. The molecule has 0 aliphatic carbocycles. The Kier molecular flexibility index (Phi) is 4.72. The maximum Gasteiger partial charge on any atom is 0.339 e. The van der Waals surface area contributed by atoms with Crippen molar-refractivity contribution in [3.8, 4) is 11.5 Å². The van der Waals surface area contributed by atoms with Crippen LogP contribution in [0.4, 0.5) is 5.69 Å². The lowest BCUT2D eigenvalue weighted by Gasteiger charge is -2.09. The van der Waals surface area contributed by atoms with E-state index in [1.54, 1.807) is 18.2 Å². The average molecular weight is 341 g/mol. The Labute approximate surface area is 143 Å². The van der Waals surface area contributed by atoms with E-state index in [4.69, 9.17) is 21.4 Å². The minimum atomic E-state index is -0.410.